The third kappa shape index (κ3) is 3.45. The molecule has 0 unspecified atom stereocenters. The Morgan fingerprint density at radius 3 is 2.69 bits per heavy atom. The second kappa shape index (κ2) is 6.87. The van der Waals surface area contributed by atoms with Gasteiger partial charge in [0.1, 0.15) is 11.6 Å². The molecule has 1 aromatic heterocycles. The van der Waals surface area contributed by atoms with Crippen molar-refractivity contribution in [2.24, 2.45) is 0 Å². The van der Waals surface area contributed by atoms with Crippen LogP contribution in [0.5, 0.6) is 0 Å². The first kappa shape index (κ1) is 18.1. The van der Waals surface area contributed by atoms with Gasteiger partial charge in [0.25, 0.3) is 0 Å². The number of fused-ring (bicyclic) bond motifs is 1. The van der Waals surface area contributed by atoms with Gasteiger partial charge in [0, 0.05) is 12.1 Å². The van der Waals surface area contributed by atoms with Crippen molar-refractivity contribution in [1.29, 1.82) is 0 Å². The molecule has 0 spiro atoms. The molecule has 2 aromatic rings. The Bertz CT molecular complexity index is 843. The van der Waals surface area contributed by atoms with Crippen LogP contribution in [-0.4, -0.2) is 28.4 Å². The summed E-state index contributed by atoms with van der Waals surface area (Å²) in [6.45, 7) is 6.28. The number of rotatable bonds is 4. The van der Waals surface area contributed by atoms with E-state index in [0.29, 0.717) is 23.6 Å². The average molecular weight is 360 g/mol. The maximum Gasteiger partial charge on any atom is 0.436 e. The van der Waals surface area contributed by atoms with Crippen molar-refractivity contribution < 1.29 is 18.7 Å². The fourth-order valence-electron chi connectivity index (χ4n) is 2.92. The summed E-state index contributed by atoms with van der Waals surface area (Å²) in [6.07, 6.45) is -0.588. The monoisotopic (exact) mass is 360 g/mol. The lowest BCUT2D eigenvalue weighted by Gasteiger charge is -2.17. The highest BCUT2D eigenvalue weighted by Gasteiger charge is 2.37. The zero-order chi connectivity index (χ0) is 18.9. The van der Waals surface area contributed by atoms with E-state index in [-0.39, 0.29) is 24.8 Å². The molecule has 0 bridgehead atoms. The largest absolute Gasteiger partial charge is 0.448 e. The summed E-state index contributed by atoms with van der Waals surface area (Å²) in [4.78, 5) is 24.7. The Labute approximate surface area is 150 Å². The fourth-order valence-corrected chi connectivity index (χ4v) is 2.92. The Kier molecular flexibility index (Phi) is 4.78. The lowest BCUT2D eigenvalue weighted by atomic mass is 10.0. The van der Waals surface area contributed by atoms with Crippen molar-refractivity contribution >= 4 is 17.8 Å². The fraction of sp³-hybridized carbons (Fsp3) is 0.389. The number of carbonyl (C=O) groups is 2. The van der Waals surface area contributed by atoms with E-state index in [0.717, 1.165) is 10.2 Å². The number of carbonyl (C=O) groups excluding carboxylic acids is 2. The van der Waals surface area contributed by atoms with Gasteiger partial charge in [-0.3, -0.25) is 4.79 Å². The lowest BCUT2D eigenvalue weighted by molar-refractivity contribution is -0.115. The number of aromatic nitrogens is 2. The van der Waals surface area contributed by atoms with Crippen molar-refractivity contribution in [3.05, 3.63) is 46.9 Å². The number of amides is 1. The van der Waals surface area contributed by atoms with E-state index in [1.807, 2.05) is 13.8 Å². The average Bonchev–Trinajstić information content (AvgIpc) is 3.08. The molecule has 26 heavy (non-hydrogen) atoms. The van der Waals surface area contributed by atoms with Crippen LogP contribution in [0.2, 0.25) is 0 Å². The minimum Gasteiger partial charge on any atom is -0.448 e. The van der Waals surface area contributed by atoms with Crippen molar-refractivity contribution in [3.63, 3.8) is 0 Å². The van der Waals surface area contributed by atoms with E-state index in [1.165, 1.54) is 12.1 Å². The molecule has 0 fully saturated rings. The normalized spacial score (nSPS) is 14.8. The van der Waals surface area contributed by atoms with E-state index >= 15 is 0 Å². The molecule has 2 N–H and O–H groups in total. The molecular weight excluding hydrogens is 339 g/mol. The van der Waals surface area contributed by atoms with Crippen LogP contribution in [0.3, 0.4) is 0 Å². The van der Waals surface area contributed by atoms with Gasteiger partial charge in [-0.1, -0.05) is 12.1 Å². The van der Waals surface area contributed by atoms with Crippen LogP contribution < -0.4 is 10.6 Å². The molecule has 138 valence electrons. The summed E-state index contributed by atoms with van der Waals surface area (Å²) in [5.41, 5.74) is 1.71. The quantitative estimate of drug-likeness (QED) is 0.875. The highest BCUT2D eigenvalue weighted by molar-refractivity contribution is 5.94. The summed E-state index contributed by atoms with van der Waals surface area (Å²) in [6, 6.07) is 5.70. The van der Waals surface area contributed by atoms with Crippen LogP contribution in [0.1, 0.15) is 37.6 Å². The molecule has 2 heterocycles. The van der Waals surface area contributed by atoms with Gasteiger partial charge in [-0.05, 0) is 38.5 Å². The van der Waals surface area contributed by atoms with Gasteiger partial charge < -0.3 is 15.4 Å². The smallest absolute Gasteiger partial charge is 0.436 e. The number of ether oxygens (including phenoxy) is 1. The summed E-state index contributed by atoms with van der Waals surface area (Å²) in [5, 5.41) is 10.4. The predicted octanol–water partition coefficient (Wildman–Crippen LogP) is 2.55. The summed E-state index contributed by atoms with van der Waals surface area (Å²) in [7, 11) is 0. The van der Waals surface area contributed by atoms with Gasteiger partial charge >= 0.3 is 6.09 Å². The van der Waals surface area contributed by atoms with Gasteiger partial charge in [0.2, 0.25) is 5.91 Å². The van der Waals surface area contributed by atoms with Gasteiger partial charge in [-0.25, -0.2) is 9.18 Å². The first-order valence-corrected chi connectivity index (χ1v) is 8.40. The lowest BCUT2D eigenvalue weighted by Crippen LogP contribution is -2.31. The maximum atomic E-state index is 13.0. The standard InChI is InChI=1S/C18H21FN4O3/c1-4-26-17(25)23-16(13-10-20-18(2,3)15(13)22-23)21-14(24)9-11-5-7-12(19)8-6-11/h5-8,20H,4,9-10H2,1-3H3,(H,21,24). The van der Waals surface area contributed by atoms with Crippen molar-refractivity contribution in [2.75, 3.05) is 11.9 Å². The molecule has 0 radical (unpaired) electrons. The molecule has 1 amide bonds. The van der Waals surface area contributed by atoms with E-state index < -0.39 is 11.6 Å². The molecule has 1 aliphatic rings. The zero-order valence-electron chi connectivity index (χ0n) is 14.9. The molecule has 3 rings (SSSR count). The van der Waals surface area contributed by atoms with Gasteiger partial charge in [0.15, 0.2) is 0 Å². The molecule has 8 heteroatoms. The van der Waals surface area contributed by atoms with E-state index in [9.17, 15) is 14.0 Å². The second-order valence-electron chi connectivity index (χ2n) is 6.62. The molecule has 0 saturated carbocycles. The predicted molar refractivity (Wildman–Crippen MR) is 93.2 cm³/mol. The molecule has 1 aliphatic heterocycles. The third-order valence-corrected chi connectivity index (χ3v) is 4.26. The van der Waals surface area contributed by atoms with Crippen molar-refractivity contribution in [3.8, 4) is 0 Å². The number of anilines is 1. The Hall–Kier alpha value is -2.74. The highest BCUT2D eigenvalue weighted by atomic mass is 19.1. The number of benzene rings is 1. The minimum absolute atomic E-state index is 0.0554. The van der Waals surface area contributed by atoms with Crippen LogP contribution in [0, 0.1) is 5.82 Å². The van der Waals surface area contributed by atoms with Crippen LogP contribution in [-0.2, 0) is 28.0 Å². The van der Waals surface area contributed by atoms with Gasteiger partial charge in [-0.15, -0.1) is 4.68 Å². The van der Waals surface area contributed by atoms with E-state index in [1.54, 1.807) is 19.1 Å². The molecule has 1 aromatic carbocycles. The summed E-state index contributed by atoms with van der Waals surface area (Å²) in [5.74, 6) is -0.376. The Morgan fingerprint density at radius 2 is 2.04 bits per heavy atom. The third-order valence-electron chi connectivity index (χ3n) is 4.26. The van der Waals surface area contributed by atoms with Crippen molar-refractivity contribution in [1.82, 2.24) is 15.1 Å². The first-order valence-electron chi connectivity index (χ1n) is 8.40. The first-order chi connectivity index (χ1) is 12.3. The topological polar surface area (TPSA) is 85.2 Å². The Morgan fingerprint density at radius 1 is 1.35 bits per heavy atom. The summed E-state index contributed by atoms with van der Waals surface area (Å²) >= 11 is 0. The van der Waals surface area contributed by atoms with Crippen LogP contribution in [0.4, 0.5) is 15.0 Å². The van der Waals surface area contributed by atoms with E-state index in [2.05, 4.69) is 15.7 Å². The zero-order valence-corrected chi connectivity index (χ0v) is 14.9. The maximum absolute atomic E-state index is 13.0. The molecule has 0 saturated heterocycles. The number of hydrogen-bond acceptors (Lipinski definition) is 5. The minimum atomic E-state index is -0.644. The molecular formula is C18H21FN4O3. The summed E-state index contributed by atoms with van der Waals surface area (Å²) < 4.78 is 19.1. The number of hydrogen-bond donors (Lipinski definition) is 2. The Balaban J connectivity index is 1.87. The molecule has 0 aliphatic carbocycles. The van der Waals surface area contributed by atoms with Crippen LogP contribution in [0.15, 0.2) is 24.3 Å². The van der Waals surface area contributed by atoms with Gasteiger partial charge in [0.05, 0.1) is 24.3 Å². The molecule has 7 nitrogen and oxygen atoms in total. The SMILES string of the molecule is CCOC(=O)n1nc2c(c1NC(=O)Cc1ccc(F)cc1)CNC2(C)C. The van der Waals surface area contributed by atoms with Crippen LogP contribution in [0.25, 0.3) is 0 Å². The van der Waals surface area contributed by atoms with E-state index in [4.69, 9.17) is 4.74 Å². The number of nitrogens with zero attached hydrogens (tertiary/aromatic N) is 2. The van der Waals surface area contributed by atoms with Crippen LogP contribution >= 0.6 is 0 Å². The van der Waals surface area contributed by atoms with Crippen molar-refractivity contribution in [2.45, 2.75) is 39.3 Å². The second-order valence-corrected chi connectivity index (χ2v) is 6.62. The highest BCUT2D eigenvalue weighted by Crippen LogP contribution is 2.34. The number of halogens is 1. The molecule has 0 atom stereocenters. The van der Waals surface area contributed by atoms with Gasteiger partial charge in [-0.2, -0.15) is 5.10 Å². The number of nitrogens with one attached hydrogen (secondary N) is 2.